The third kappa shape index (κ3) is 7.12. The zero-order valence-corrected chi connectivity index (χ0v) is 18.8. The van der Waals surface area contributed by atoms with Crippen molar-refractivity contribution in [3.8, 4) is 0 Å². The lowest BCUT2D eigenvalue weighted by Gasteiger charge is -2.34. The molecule has 8 heteroatoms. The molecule has 0 bridgehead atoms. The SMILES string of the molecule is O=C(Cc1ccc(N2CCC(NCCn3cncn3)CC2)cc1)NCCc1cccc(F)c1. The Labute approximate surface area is 194 Å². The number of rotatable bonds is 10. The summed E-state index contributed by atoms with van der Waals surface area (Å²) < 4.78 is 15.1. The molecule has 1 aliphatic rings. The van der Waals surface area contributed by atoms with Crippen molar-refractivity contribution in [3.63, 3.8) is 0 Å². The third-order valence-electron chi connectivity index (χ3n) is 6.03. The van der Waals surface area contributed by atoms with E-state index in [1.165, 1.54) is 17.8 Å². The average Bonchev–Trinajstić information content (AvgIpc) is 3.34. The van der Waals surface area contributed by atoms with Crippen LogP contribution >= 0.6 is 0 Å². The molecule has 0 aliphatic carbocycles. The van der Waals surface area contributed by atoms with E-state index < -0.39 is 0 Å². The molecule has 174 valence electrons. The number of anilines is 1. The van der Waals surface area contributed by atoms with E-state index in [-0.39, 0.29) is 11.7 Å². The van der Waals surface area contributed by atoms with Crippen molar-refractivity contribution in [2.75, 3.05) is 31.1 Å². The molecule has 1 aromatic heterocycles. The van der Waals surface area contributed by atoms with Crippen LogP contribution in [0.15, 0.2) is 61.2 Å². The molecule has 1 aliphatic heterocycles. The van der Waals surface area contributed by atoms with E-state index in [0.29, 0.717) is 25.4 Å². The number of carbonyl (C=O) groups is 1. The molecule has 0 saturated carbocycles. The van der Waals surface area contributed by atoms with Crippen LogP contribution in [0.25, 0.3) is 0 Å². The topological polar surface area (TPSA) is 75.1 Å². The number of amides is 1. The lowest BCUT2D eigenvalue weighted by molar-refractivity contribution is -0.120. The first-order valence-corrected chi connectivity index (χ1v) is 11.6. The molecule has 1 fully saturated rings. The van der Waals surface area contributed by atoms with Gasteiger partial charge >= 0.3 is 0 Å². The standard InChI is InChI=1S/C25H31FN6O/c26-22-3-1-2-20(16-22)8-11-29-25(33)17-21-4-6-24(7-5-21)31-13-9-23(10-14-31)28-12-15-32-19-27-18-30-32/h1-7,16,18-19,23,28H,8-15,17H2,(H,29,33). The third-order valence-corrected chi connectivity index (χ3v) is 6.03. The Kier molecular flexibility index (Phi) is 8.03. The molecular formula is C25H31FN6O. The van der Waals surface area contributed by atoms with E-state index in [9.17, 15) is 9.18 Å². The number of carbonyl (C=O) groups excluding carboxylic acids is 1. The van der Waals surface area contributed by atoms with Gasteiger partial charge in [0.05, 0.1) is 13.0 Å². The first kappa shape index (κ1) is 22.9. The second kappa shape index (κ2) is 11.6. The highest BCUT2D eigenvalue weighted by Crippen LogP contribution is 2.21. The molecule has 33 heavy (non-hydrogen) atoms. The Morgan fingerprint density at radius 3 is 2.61 bits per heavy atom. The van der Waals surface area contributed by atoms with Gasteiger partial charge in [-0.1, -0.05) is 24.3 Å². The molecule has 2 heterocycles. The number of halogens is 1. The first-order valence-electron chi connectivity index (χ1n) is 11.6. The predicted molar refractivity (Wildman–Crippen MR) is 127 cm³/mol. The number of aromatic nitrogens is 3. The molecule has 2 aromatic carbocycles. The van der Waals surface area contributed by atoms with Crippen LogP contribution < -0.4 is 15.5 Å². The van der Waals surface area contributed by atoms with Gasteiger partial charge in [-0.2, -0.15) is 5.10 Å². The summed E-state index contributed by atoms with van der Waals surface area (Å²) in [5.74, 6) is -0.264. The average molecular weight is 451 g/mol. The summed E-state index contributed by atoms with van der Waals surface area (Å²) in [5, 5.41) is 10.7. The highest BCUT2D eigenvalue weighted by molar-refractivity contribution is 5.78. The zero-order chi connectivity index (χ0) is 22.9. The summed E-state index contributed by atoms with van der Waals surface area (Å²) >= 11 is 0. The maximum absolute atomic E-state index is 13.2. The molecule has 0 spiro atoms. The van der Waals surface area contributed by atoms with Crippen LogP contribution in [0, 0.1) is 5.82 Å². The highest BCUT2D eigenvalue weighted by atomic mass is 19.1. The Balaban J connectivity index is 1.15. The van der Waals surface area contributed by atoms with Gasteiger partial charge < -0.3 is 15.5 Å². The monoisotopic (exact) mass is 450 g/mol. The Bertz CT molecular complexity index is 1000. The first-order chi connectivity index (χ1) is 16.2. The van der Waals surface area contributed by atoms with Crippen molar-refractivity contribution in [1.29, 1.82) is 0 Å². The quantitative estimate of drug-likeness (QED) is 0.497. The van der Waals surface area contributed by atoms with Gasteiger partial charge in [-0.3, -0.25) is 9.48 Å². The molecule has 0 radical (unpaired) electrons. The van der Waals surface area contributed by atoms with Gasteiger partial charge in [-0.15, -0.1) is 0 Å². The van der Waals surface area contributed by atoms with Crippen LogP contribution in [-0.2, 0) is 24.2 Å². The van der Waals surface area contributed by atoms with Crippen molar-refractivity contribution in [3.05, 3.63) is 78.1 Å². The van der Waals surface area contributed by atoms with Gasteiger partial charge in [-0.25, -0.2) is 9.37 Å². The largest absolute Gasteiger partial charge is 0.371 e. The van der Waals surface area contributed by atoms with E-state index in [1.54, 1.807) is 18.7 Å². The van der Waals surface area contributed by atoms with E-state index in [0.717, 1.165) is 50.1 Å². The van der Waals surface area contributed by atoms with Crippen molar-refractivity contribution in [2.45, 2.75) is 38.3 Å². The lowest BCUT2D eigenvalue weighted by Crippen LogP contribution is -2.43. The van der Waals surface area contributed by atoms with Gasteiger partial charge in [0.15, 0.2) is 0 Å². The van der Waals surface area contributed by atoms with E-state index in [1.807, 2.05) is 22.9 Å². The highest BCUT2D eigenvalue weighted by Gasteiger charge is 2.19. The molecule has 2 N–H and O–H groups in total. The van der Waals surface area contributed by atoms with Gasteiger partial charge in [0.2, 0.25) is 5.91 Å². The van der Waals surface area contributed by atoms with E-state index in [2.05, 4.69) is 37.7 Å². The smallest absolute Gasteiger partial charge is 0.224 e. The fourth-order valence-corrected chi connectivity index (χ4v) is 4.18. The molecule has 0 atom stereocenters. The number of nitrogens with zero attached hydrogens (tertiary/aromatic N) is 4. The van der Waals surface area contributed by atoms with E-state index in [4.69, 9.17) is 0 Å². The van der Waals surface area contributed by atoms with Crippen LogP contribution in [0.3, 0.4) is 0 Å². The number of hydrogen-bond acceptors (Lipinski definition) is 5. The summed E-state index contributed by atoms with van der Waals surface area (Å²) in [6.45, 7) is 4.26. The maximum atomic E-state index is 13.2. The fourth-order valence-electron chi connectivity index (χ4n) is 4.18. The summed E-state index contributed by atoms with van der Waals surface area (Å²) in [5.41, 5.74) is 3.08. The van der Waals surface area contributed by atoms with Crippen LogP contribution in [0.5, 0.6) is 0 Å². The van der Waals surface area contributed by atoms with Gasteiger partial charge in [-0.05, 0) is 54.7 Å². The summed E-state index contributed by atoms with van der Waals surface area (Å²) in [6, 6.07) is 15.3. The van der Waals surface area contributed by atoms with Crippen LogP contribution in [0.2, 0.25) is 0 Å². The van der Waals surface area contributed by atoms with E-state index >= 15 is 0 Å². The van der Waals surface area contributed by atoms with Gasteiger partial charge in [0, 0.05) is 37.9 Å². The van der Waals surface area contributed by atoms with Crippen LogP contribution in [0.4, 0.5) is 10.1 Å². The summed E-state index contributed by atoms with van der Waals surface area (Å²) in [4.78, 5) is 18.6. The molecule has 7 nitrogen and oxygen atoms in total. The Hall–Kier alpha value is -3.26. The summed E-state index contributed by atoms with van der Waals surface area (Å²) in [6.07, 6.45) is 6.48. The number of hydrogen-bond donors (Lipinski definition) is 2. The molecule has 1 saturated heterocycles. The molecule has 1 amide bonds. The maximum Gasteiger partial charge on any atom is 0.224 e. The number of nitrogens with one attached hydrogen (secondary N) is 2. The van der Waals surface area contributed by atoms with Gasteiger partial charge in [0.25, 0.3) is 0 Å². The minimum absolute atomic E-state index is 0.0167. The summed E-state index contributed by atoms with van der Waals surface area (Å²) in [7, 11) is 0. The molecule has 4 rings (SSSR count). The minimum Gasteiger partial charge on any atom is -0.371 e. The Morgan fingerprint density at radius 2 is 1.88 bits per heavy atom. The molecular weight excluding hydrogens is 419 g/mol. The van der Waals surface area contributed by atoms with Gasteiger partial charge in [0.1, 0.15) is 18.5 Å². The second-order valence-corrected chi connectivity index (χ2v) is 8.45. The number of piperidine rings is 1. The fraction of sp³-hybridized carbons (Fsp3) is 0.400. The molecule has 0 unspecified atom stereocenters. The number of benzene rings is 2. The predicted octanol–water partition coefficient (Wildman–Crippen LogP) is 2.58. The van der Waals surface area contributed by atoms with Crippen LogP contribution in [-0.4, -0.2) is 52.9 Å². The van der Waals surface area contributed by atoms with Crippen molar-refractivity contribution in [2.24, 2.45) is 0 Å². The van der Waals surface area contributed by atoms with Crippen molar-refractivity contribution in [1.82, 2.24) is 25.4 Å². The van der Waals surface area contributed by atoms with Crippen molar-refractivity contribution >= 4 is 11.6 Å². The zero-order valence-electron chi connectivity index (χ0n) is 18.8. The second-order valence-electron chi connectivity index (χ2n) is 8.45. The van der Waals surface area contributed by atoms with Crippen LogP contribution in [0.1, 0.15) is 24.0 Å². The minimum atomic E-state index is -0.248. The van der Waals surface area contributed by atoms with Crippen molar-refractivity contribution < 1.29 is 9.18 Å². The molecule has 3 aromatic rings. The lowest BCUT2D eigenvalue weighted by atomic mass is 10.0. The normalized spacial score (nSPS) is 14.4. The Morgan fingerprint density at radius 1 is 1.06 bits per heavy atom.